The Kier molecular flexibility index (Phi) is 6.10. The second-order valence-corrected chi connectivity index (χ2v) is 6.16. The van der Waals surface area contributed by atoms with Crippen molar-refractivity contribution in [3.05, 3.63) is 65.9 Å². The lowest BCUT2D eigenvalue weighted by Gasteiger charge is -2.11. The monoisotopic (exact) mass is 364 g/mol. The van der Waals surface area contributed by atoms with Gasteiger partial charge in [-0.05, 0) is 55.8 Å². The van der Waals surface area contributed by atoms with Gasteiger partial charge in [0.05, 0.1) is 13.7 Å². The van der Waals surface area contributed by atoms with Crippen molar-refractivity contribution in [3.63, 3.8) is 0 Å². The lowest BCUT2D eigenvalue weighted by molar-refractivity contribution is 0.331. The predicted molar refractivity (Wildman–Crippen MR) is 108 cm³/mol. The number of rotatable bonds is 8. The van der Waals surface area contributed by atoms with E-state index >= 15 is 0 Å². The number of hydrogen-bond acceptors (Lipinski definition) is 6. The molecule has 6 heteroatoms. The van der Waals surface area contributed by atoms with Crippen LogP contribution in [0.1, 0.15) is 11.1 Å². The molecular weight excluding hydrogens is 340 g/mol. The molecule has 3 rings (SSSR count). The summed E-state index contributed by atoms with van der Waals surface area (Å²) in [4.78, 5) is 8.74. The average molecular weight is 364 g/mol. The van der Waals surface area contributed by atoms with Crippen molar-refractivity contribution >= 4 is 17.5 Å². The van der Waals surface area contributed by atoms with Gasteiger partial charge >= 0.3 is 0 Å². The van der Waals surface area contributed by atoms with Crippen molar-refractivity contribution in [2.75, 3.05) is 30.9 Å². The molecule has 2 N–H and O–H groups in total. The molecule has 0 atom stereocenters. The quantitative estimate of drug-likeness (QED) is 0.580. The number of benzene rings is 2. The van der Waals surface area contributed by atoms with Crippen LogP contribution in [0.4, 0.5) is 17.5 Å². The SMILES string of the molecule is COc1ccc(OCCNc2nccc(Nc3ccc(C)cc3C)n2)cc1. The molecule has 0 amide bonds. The maximum absolute atomic E-state index is 5.69. The van der Waals surface area contributed by atoms with E-state index in [9.17, 15) is 0 Å². The number of methoxy groups -OCH3 is 1. The molecule has 0 radical (unpaired) electrons. The summed E-state index contributed by atoms with van der Waals surface area (Å²) in [5, 5.41) is 6.51. The Morgan fingerprint density at radius 3 is 2.48 bits per heavy atom. The first-order chi connectivity index (χ1) is 13.1. The van der Waals surface area contributed by atoms with Crippen LogP contribution < -0.4 is 20.1 Å². The van der Waals surface area contributed by atoms with E-state index in [1.54, 1.807) is 13.3 Å². The molecule has 0 fully saturated rings. The highest BCUT2D eigenvalue weighted by molar-refractivity contribution is 5.61. The van der Waals surface area contributed by atoms with Crippen molar-refractivity contribution in [3.8, 4) is 11.5 Å². The number of aryl methyl sites for hydroxylation is 2. The Morgan fingerprint density at radius 1 is 0.963 bits per heavy atom. The van der Waals surface area contributed by atoms with Crippen molar-refractivity contribution in [2.24, 2.45) is 0 Å². The van der Waals surface area contributed by atoms with E-state index in [1.807, 2.05) is 30.3 Å². The van der Waals surface area contributed by atoms with Crippen LogP contribution in [0.2, 0.25) is 0 Å². The highest BCUT2D eigenvalue weighted by Crippen LogP contribution is 2.20. The summed E-state index contributed by atoms with van der Waals surface area (Å²) in [5.41, 5.74) is 3.45. The third kappa shape index (κ3) is 5.34. The third-order valence-electron chi connectivity index (χ3n) is 4.01. The molecule has 0 saturated carbocycles. The summed E-state index contributed by atoms with van der Waals surface area (Å²) in [6.45, 7) is 5.26. The average Bonchev–Trinajstić information content (AvgIpc) is 2.68. The van der Waals surface area contributed by atoms with Crippen molar-refractivity contribution in [2.45, 2.75) is 13.8 Å². The fourth-order valence-electron chi connectivity index (χ4n) is 2.61. The lowest BCUT2D eigenvalue weighted by atomic mass is 10.1. The molecular formula is C21H24N4O2. The summed E-state index contributed by atoms with van der Waals surface area (Å²) >= 11 is 0. The first-order valence-electron chi connectivity index (χ1n) is 8.82. The summed E-state index contributed by atoms with van der Waals surface area (Å²) in [5.74, 6) is 2.91. The molecule has 1 aromatic heterocycles. The van der Waals surface area contributed by atoms with Crippen molar-refractivity contribution in [1.29, 1.82) is 0 Å². The van der Waals surface area contributed by atoms with E-state index in [-0.39, 0.29) is 0 Å². The van der Waals surface area contributed by atoms with Gasteiger partial charge in [0.25, 0.3) is 0 Å². The molecule has 140 valence electrons. The van der Waals surface area contributed by atoms with E-state index in [0.29, 0.717) is 19.1 Å². The van der Waals surface area contributed by atoms with Crippen LogP contribution in [0.5, 0.6) is 11.5 Å². The highest BCUT2D eigenvalue weighted by Gasteiger charge is 2.03. The van der Waals surface area contributed by atoms with Crippen LogP contribution >= 0.6 is 0 Å². The Bertz CT molecular complexity index is 882. The van der Waals surface area contributed by atoms with E-state index in [0.717, 1.165) is 23.0 Å². The highest BCUT2D eigenvalue weighted by atomic mass is 16.5. The van der Waals surface area contributed by atoms with Crippen LogP contribution in [0.15, 0.2) is 54.7 Å². The van der Waals surface area contributed by atoms with Crippen molar-refractivity contribution in [1.82, 2.24) is 9.97 Å². The molecule has 3 aromatic rings. The van der Waals surface area contributed by atoms with E-state index in [4.69, 9.17) is 9.47 Å². The molecule has 0 aliphatic rings. The standard InChI is InChI=1S/C21H24N4O2/c1-15-4-9-19(16(2)14-15)24-20-10-11-22-21(25-20)23-12-13-27-18-7-5-17(26-3)6-8-18/h4-11,14H,12-13H2,1-3H3,(H2,22,23,24,25). The van der Waals surface area contributed by atoms with Crippen molar-refractivity contribution < 1.29 is 9.47 Å². The zero-order valence-corrected chi connectivity index (χ0v) is 15.8. The topological polar surface area (TPSA) is 68.3 Å². The van der Waals surface area contributed by atoms with E-state index in [2.05, 4.69) is 52.6 Å². The molecule has 0 saturated heterocycles. The minimum absolute atomic E-state index is 0.504. The van der Waals surface area contributed by atoms with Gasteiger partial charge in [0.1, 0.15) is 23.9 Å². The van der Waals surface area contributed by atoms with Crippen LogP contribution in [-0.4, -0.2) is 30.2 Å². The predicted octanol–water partition coefficient (Wildman–Crippen LogP) is 4.34. The van der Waals surface area contributed by atoms with Gasteiger partial charge in [-0.15, -0.1) is 0 Å². The summed E-state index contributed by atoms with van der Waals surface area (Å²) < 4.78 is 10.8. The molecule has 0 aliphatic carbocycles. The minimum Gasteiger partial charge on any atom is -0.497 e. The molecule has 0 spiro atoms. The largest absolute Gasteiger partial charge is 0.497 e. The molecule has 0 unspecified atom stereocenters. The molecule has 2 aromatic carbocycles. The van der Waals surface area contributed by atoms with Gasteiger partial charge < -0.3 is 20.1 Å². The zero-order chi connectivity index (χ0) is 19.1. The molecule has 6 nitrogen and oxygen atoms in total. The first-order valence-corrected chi connectivity index (χ1v) is 8.82. The molecule has 0 bridgehead atoms. The van der Waals surface area contributed by atoms with Gasteiger partial charge in [-0.1, -0.05) is 17.7 Å². The van der Waals surface area contributed by atoms with Gasteiger partial charge in [0.15, 0.2) is 0 Å². The van der Waals surface area contributed by atoms with E-state index in [1.165, 1.54) is 11.1 Å². The molecule has 27 heavy (non-hydrogen) atoms. The van der Waals surface area contributed by atoms with Crippen LogP contribution in [0, 0.1) is 13.8 Å². The Balaban J connectivity index is 1.51. The Morgan fingerprint density at radius 2 is 1.74 bits per heavy atom. The van der Waals surface area contributed by atoms with Crippen LogP contribution in [-0.2, 0) is 0 Å². The fraction of sp³-hybridized carbons (Fsp3) is 0.238. The maximum Gasteiger partial charge on any atom is 0.224 e. The summed E-state index contributed by atoms with van der Waals surface area (Å²) in [6, 6.07) is 15.6. The normalized spacial score (nSPS) is 10.3. The maximum atomic E-state index is 5.69. The smallest absolute Gasteiger partial charge is 0.224 e. The van der Waals surface area contributed by atoms with Gasteiger partial charge in [0, 0.05) is 11.9 Å². The number of aromatic nitrogens is 2. The minimum atomic E-state index is 0.504. The summed E-state index contributed by atoms with van der Waals surface area (Å²) in [7, 11) is 1.64. The molecule has 0 aliphatic heterocycles. The van der Waals surface area contributed by atoms with Gasteiger partial charge in [-0.2, -0.15) is 4.98 Å². The van der Waals surface area contributed by atoms with Crippen LogP contribution in [0.3, 0.4) is 0 Å². The van der Waals surface area contributed by atoms with Crippen LogP contribution in [0.25, 0.3) is 0 Å². The van der Waals surface area contributed by atoms with E-state index < -0.39 is 0 Å². The number of anilines is 3. The summed E-state index contributed by atoms with van der Waals surface area (Å²) in [6.07, 6.45) is 1.73. The van der Waals surface area contributed by atoms with Gasteiger partial charge in [-0.25, -0.2) is 4.98 Å². The number of nitrogens with zero attached hydrogens (tertiary/aromatic N) is 2. The second-order valence-electron chi connectivity index (χ2n) is 6.16. The lowest BCUT2D eigenvalue weighted by Crippen LogP contribution is -2.13. The number of nitrogens with one attached hydrogen (secondary N) is 2. The fourth-order valence-corrected chi connectivity index (χ4v) is 2.61. The Hall–Kier alpha value is -3.28. The third-order valence-corrected chi connectivity index (χ3v) is 4.01. The van der Waals surface area contributed by atoms with Gasteiger partial charge in [0.2, 0.25) is 5.95 Å². The number of ether oxygens (including phenoxy) is 2. The van der Waals surface area contributed by atoms with Gasteiger partial charge in [-0.3, -0.25) is 0 Å². The zero-order valence-electron chi connectivity index (χ0n) is 15.8. The molecule has 1 heterocycles. The first kappa shape index (κ1) is 18.5. The Labute approximate surface area is 159 Å². The second kappa shape index (κ2) is 8.89. The number of hydrogen-bond donors (Lipinski definition) is 2.